The molecule has 37 heavy (non-hydrogen) atoms. The summed E-state index contributed by atoms with van der Waals surface area (Å²) in [6.07, 6.45) is 5.64. The number of carbonyl (C=O) groups is 1. The Morgan fingerprint density at radius 2 is 1.86 bits per heavy atom. The molecule has 1 aliphatic heterocycles. The van der Waals surface area contributed by atoms with Gasteiger partial charge < -0.3 is 15.1 Å². The van der Waals surface area contributed by atoms with E-state index in [1.165, 1.54) is 6.42 Å². The standard InChI is InChI=1S/C29H38ClN5O2/c1-22(2)27(35(18-10-15-31)29(36)37-34-16-7-4-8-17-34)28-32-26(24-13-9-14-25(30)19-24)21-33(28)20-23-11-5-3-6-12-23/h3,5-6,9,11-14,19,21-22,27H,4,7-8,10,15-18,20,31H2,1-2H3. The summed E-state index contributed by atoms with van der Waals surface area (Å²) in [6, 6.07) is 17.7. The van der Waals surface area contributed by atoms with Crippen molar-refractivity contribution in [3.05, 3.63) is 77.2 Å². The SMILES string of the molecule is CC(C)C(c1nc(-c2cccc(Cl)c2)cn1Cc1ccccc1)N(CCCN)C(=O)ON1CCCCC1. The van der Waals surface area contributed by atoms with Crippen molar-refractivity contribution >= 4 is 17.7 Å². The molecule has 1 amide bonds. The van der Waals surface area contributed by atoms with E-state index in [0.29, 0.717) is 31.1 Å². The Morgan fingerprint density at radius 1 is 1.11 bits per heavy atom. The zero-order valence-electron chi connectivity index (χ0n) is 21.9. The Bertz CT molecular complexity index is 1140. The van der Waals surface area contributed by atoms with Crippen LogP contribution in [0.1, 0.15) is 57.0 Å². The number of halogens is 1. The molecule has 7 nitrogen and oxygen atoms in total. The van der Waals surface area contributed by atoms with Crippen molar-refractivity contribution < 1.29 is 9.63 Å². The number of benzene rings is 2. The smallest absolute Gasteiger partial charge is 0.351 e. The van der Waals surface area contributed by atoms with Crippen molar-refractivity contribution in [2.45, 2.75) is 52.1 Å². The second-order valence-electron chi connectivity index (χ2n) is 9.98. The number of nitrogens with two attached hydrogens (primary N) is 1. The molecule has 1 aromatic heterocycles. The molecule has 4 rings (SSSR count). The maximum absolute atomic E-state index is 13.6. The van der Waals surface area contributed by atoms with Crippen LogP contribution in [0.5, 0.6) is 0 Å². The van der Waals surface area contributed by atoms with Crippen LogP contribution in [0.3, 0.4) is 0 Å². The number of hydrogen-bond acceptors (Lipinski definition) is 5. The number of piperidine rings is 1. The van der Waals surface area contributed by atoms with Crippen molar-refractivity contribution in [2.75, 3.05) is 26.2 Å². The first-order valence-electron chi connectivity index (χ1n) is 13.3. The molecular weight excluding hydrogens is 486 g/mol. The number of imidazole rings is 1. The topological polar surface area (TPSA) is 76.6 Å². The minimum atomic E-state index is -0.340. The van der Waals surface area contributed by atoms with Gasteiger partial charge in [0.05, 0.1) is 11.7 Å². The van der Waals surface area contributed by atoms with E-state index in [0.717, 1.165) is 48.6 Å². The molecule has 1 fully saturated rings. The van der Waals surface area contributed by atoms with Gasteiger partial charge in [-0.2, -0.15) is 0 Å². The highest BCUT2D eigenvalue weighted by Crippen LogP contribution is 2.33. The third kappa shape index (κ3) is 7.12. The van der Waals surface area contributed by atoms with Gasteiger partial charge in [-0.3, -0.25) is 4.90 Å². The van der Waals surface area contributed by atoms with Crippen LogP contribution < -0.4 is 5.73 Å². The monoisotopic (exact) mass is 523 g/mol. The van der Waals surface area contributed by atoms with E-state index in [4.69, 9.17) is 27.2 Å². The van der Waals surface area contributed by atoms with Crippen LogP contribution in [-0.4, -0.2) is 51.8 Å². The van der Waals surface area contributed by atoms with Gasteiger partial charge in [0.1, 0.15) is 5.82 Å². The number of rotatable bonds is 10. The largest absolute Gasteiger partial charge is 0.429 e. The fourth-order valence-corrected chi connectivity index (χ4v) is 5.07. The van der Waals surface area contributed by atoms with Crippen molar-refractivity contribution in [3.8, 4) is 11.3 Å². The lowest BCUT2D eigenvalue weighted by Gasteiger charge is -2.35. The molecule has 0 saturated carbocycles. The van der Waals surface area contributed by atoms with Gasteiger partial charge in [-0.05, 0) is 49.4 Å². The fraction of sp³-hybridized carbons (Fsp3) is 0.448. The molecule has 0 aliphatic carbocycles. The average molecular weight is 524 g/mol. The zero-order valence-corrected chi connectivity index (χ0v) is 22.6. The van der Waals surface area contributed by atoms with Crippen LogP contribution in [0.15, 0.2) is 60.8 Å². The number of nitrogens with zero attached hydrogens (tertiary/aromatic N) is 4. The van der Waals surface area contributed by atoms with E-state index in [1.54, 1.807) is 5.06 Å². The third-order valence-corrected chi connectivity index (χ3v) is 6.95. The van der Waals surface area contributed by atoms with Crippen molar-refractivity contribution in [1.29, 1.82) is 0 Å². The third-order valence-electron chi connectivity index (χ3n) is 6.72. The molecule has 1 saturated heterocycles. The van der Waals surface area contributed by atoms with Crippen LogP contribution >= 0.6 is 11.6 Å². The van der Waals surface area contributed by atoms with Gasteiger partial charge in [0.25, 0.3) is 0 Å². The second kappa shape index (κ2) is 13.1. The van der Waals surface area contributed by atoms with E-state index in [9.17, 15) is 4.79 Å². The molecule has 1 atom stereocenters. The molecule has 1 unspecified atom stereocenters. The summed E-state index contributed by atoms with van der Waals surface area (Å²) in [7, 11) is 0. The van der Waals surface area contributed by atoms with Crippen molar-refractivity contribution in [2.24, 2.45) is 11.7 Å². The first-order chi connectivity index (χ1) is 18.0. The molecule has 198 valence electrons. The van der Waals surface area contributed by atoms with Crippen LogP contribution in [0.25, 0.3) is 11.3 Å². The number of aromatic nitrogens is 2. The Kier molecular flexibility index (Phi) is 9.61. The summed E-state index contributed by atoms with van der Waals surface area (Å²) in [5.74, 6) is 0.914. The van der Waals surface area contributed by atoms with Crippen LogP contribution in [-0.2, 0) is 11.4 Å². The maximum Gasteiger partial charge on any atom is 0.429 e. The van der Waals surface area contributed by atoms with E-state index in [1.807, 2.05) is 47.4 Å². The van der Waals surface area contributed by atoms with Crippen molar-refractivity contribution in [3.63, 3.8) is 0 Å². The summed E-state index contributed by atoms with van der Waals surface area (Å²) in [6.45, 7) is 7.40. The highest BCUT2D eigenvalue weighted by Gasteiger charge is 2.34. The molecular formula is C29H38ClN5O2. The molecule has 2 aromatic carbocycles. The molecule has 0 bridgehead atoms. The number of hydroxylamine groups is 2. The average Bonchev–Trinajstić information content (AvgIpc) is 3.30. The summed E-state index contributed by atoms with van der Waals surface area (Å²) in [4.78, 5) is 26.4. The van der Waals surface area contributed by atoms with Gasteiger partial charge in [0.15, 0.2) is 0 Å². The summed E-state index contributed by atoms with van der Waals surface area (Å²) < 4.78 is 2.15. The quantitative estimate of drug-likeness (QED) is 0.345. The Balaban J connectivity index is 1.73. The molecule has 2 heterocycles. The molecule has 8 heteroatoms. The molecule has 0 spiro atoms. The van der Waals surface area contributed by atoms with Gasteiger partial charge in [-0.25, -0.2) is 9.78 Å². The van der Waals surface area contributed by atoms with Gasteiger partial charge in [-0.1, -0.05) is 74.3 Å². The van der Waals surface area contributed by atoms with Crippen molar-refractivity contribution in [1.82, 2.24) is 19.5 Å². The van der Waals surface area contributed by atoms with Gasteiger partial charge >= 0.3 is 6.09 Å². The minimum absolute atomic E-state index is 0.0933. The van der Waals surface area contributed by atoms with Crippen LogP contribution in [0.4, 0.5) is 4.79 Å². The Morgan fingerprint density at radius 3 is 2.54 bits per heavy atom. The lowest BCUT2D eigenvalue weighted by atomic mass is 10.0. The van der Waals surface area contributed by atoms with E-state index in [-0.39, 0.29) is 18.1 Å². The van der Waals surface area contributed by atoms with Gasteiger partial charge in [0.2, 0.25) is 0 Å². The summed E-state index contributed by atoms with van der Waals surface area (Å²) >= 11 is 6.31. The maximum atomic E-state index is 13.6. The zero-order chi connectivity index (χ0) is 26.2. The number of hydrogen-bond donors (Lipinski definition) is 1. The molecule has 0 radical (unpaired) electrons. The Labute approximate surface area is 225 Å². The predicted molar refractivity (Wildman–Crippen MR) is 148 cm³/mol. The molecule has 1 aliphatic rings. The second-order valence-corrected chi connectivity index (χ2v) is 10.4. The highest BCUT2D eigenvalue weighted by atomic mass is 35.5. The summed E-state index contributed by atoms with van der Waals surface area (Å²) in [5, 5.41) is 2.46. The van der Waals surface area contributed by atoms with E-state index in [2.05, 4.69) is 36.7 Å². The summed E-state index contributed by atoms with van der Waals surface area (Å²) in [5.41, 5.74) is 8.80. The first kappa shape index (κ1) is 27.2. The van der Waals surface area contributed by atoms with Gasteiger partial charge in [0, 0.05) is 43.0 Å². The predicted octanol–water partition coefficient (Wildman–Crippen LogP) is 6.14. The fourth-order valence-electron chi connectivity index (χ4n) is 4.88. The first-order valence-corrected chi connectivity index (χ1v) is 13.6. The molecule has 3 aromatic rings. The van der Waals surface area contributed by atoms with E-state index < -0.39 is 0 Å². The lowest BCUT2D eigenvalue weighted by molar-refractivity contribution is -0.127. The minimum Gasteiger partial charge on any atom is -0.351 e. The number of carbonyl (C=O) groups excluding carboxylic acids is 1. The van der Waals surface area contributed by atoms with Crippen LogP contribution in [0.2, 0.25) is 5.02 Å². The van der Waals surface area contributed by atoms with Gasteiger partial charge in [-0.15, -0.1) is 5.06 Å². The normalized spacial score (nSPS) is 15.1. The molecule has 2 N–H and O–H groups in total. The Hall–Kier alpha value is -2.87. The number of amides is 1. The lowest BCUT2D eigenvalue weighted by Crippen LogP contribution is -2.44. The van der Waals surface area contributed by atoms with Crippen LogP contribution in [0, 0.1) is 5.92 Å². The highest BCUT2D eigenvalue weighted by molar-refractivity contribution is 6.30. The van der Waals surface area contributed by atoms with E-state index >= 15 is 0 Å².